The molecular weight excluding hydrogens is 423 g/mol. The van der Waals surface area contributed by atoms with Crippen LogP contribution in [0.1, 0.15) is 22.5 Å². The molecule has 0 atom stereocenters. The first-order chi connectivity index (χ1) is 13.4. The number of nitrogens with one attached hydrogen (secondary N) is 2. The highest BCUT2D eigenvalue weighted by Crippen LogP contribution is 2.24. The maximum Gasteiger partial charge on any atom is 0.339 e. The average Bonchev–Trinajstić information content (AvgIpc) is 2.91. The van der Waals surface area contributed by atoms with Gasteiger partial charge in [-0.15, -0.1) is 0 Å². The Labute approximate surface area is 171 Å². The van der Waals surface area contributed by atoms with Crippen LogP contribution in [0.15, 0.2) is 58.1 Å². The number of para-hydroxylation sites is 1. The zero-order valence-corrected chi connectivity index (χ0v) is 17.3. The lowest BCUT2D eigenvalue weighted by Gasteiger charge is -2.11. The molecule has 0 fully saturated rings. The van der Waals surface area contributed by atoms with Crippen molar-refractivity contribution in [2.24, 2.45) is 5.10 Å². The number of hydrazone groups is 1. The summed E-state index contributed by atoms with van der Waals surface area (Å²) >= 11 is 3.27. The maximum absolute atomic E-state index is 14.4. The van der Waals surface area contributed by atoms with Crippen molar-refractivity contribution in [1.82, 2.24) is 9.99 Å². The number of carbonyl (C=O) groups excluding carboxylic acids is 1. The summed E-state index contributed by atoms with van der Waals surface area (Å²) in [7, 11) is 0. The van der Waals surface area contributed by atoms with Gasteiger partial charge in [-0.2, -0.15) is 5.10 Å². The van der Waals surface area contributed by atoms with E-state index in [1.165, 1.54) is 6.07 Å². The van der Waals surface area contributed by atoms with E-state index in [0.29, 0.717) is 10.2 Å². The number of hydrogen-bond donors (Lipinski definition) is 2. The van der Waals surface area contributed by atoms with Crippen LogP contribution in [0.2, 0.25) is 0 Å². The van der Waals surface area contributed by atoms with Crippen LogP contribution in [0.4, 0.5) is 14.9 Å². The van der Waals surface area contributed by atoms with Gasteiger partial charge in [0.25, 0.3) is 0 Å². The highest BCUT2D eigenvalue weighted by Gasteiger charge is 2.13. The molecule has 3 aromatic rings. The molecule has 144 valence electrons. The predicted octanol–water partition coefficient (Wildman–Crippen LogP) is 5.46. The van der Waals surface area contributed by atoms with Crippen molar-refractivity contribution in [2.45, 2.75) is 20.8 Å². The molecule has 0 radical (unpaired) electrons. The van der Waals surface area contributed by atoms with E-state index in [9.17, 15) is 9.18 Å². The standard InChI is InChI=1S/C21H20BrFN4O/c1-13-6-4-5-7-19(13)25-21(28)26-24-12-16-10-14(2)27(15(16)3)20-9-8-17(22)11-18(20)23/h4-12H,1-3H3,(H2,25,26,28). The molecule has 5 nitrogen and oxygen atoms in total. The molecule has 0 aliphatic heterocycles. The zero-order chi connectivity index (χ0) is 20.3. The van der Waals surface area contributed by atoms with Crippen LogP contribution in [0.5, 0.6) is 0 Å². The van der Waals surface area contributed by atoms with E-state index < -0.39 is 6.03 Å². The second-order valence-corrected chi connectivity index (χ2v) is 7.31. The van der Waals surface area contributed by atoms with Crippen molar-refractivity contribution < 1.29 is 9.18 Å². The van der Waals surface area contributed by atoms with Crippen LogP contribution in [0.3, 0.4) is 0 Å². The van der Waals surface area contributed by atoms with Crippen LogP contribution < -0.4 is 10.7 Å². The maximum atomic E-state index is 14.4. The molecule has 28 heavy (non-hydrogen) atoms. The molecular formula is C21H20BrFN4O. The smallest absolute Gasteiger partial charge is 0.315 e. The van der Waals surface area contributed by atoms with Crippen LogP contribution in [0, 0.1) is 26.6 Å². The van der Waals surface area contributed by atoms with E-state index in [0.717, 1.165) is 28.2 Å². The molecule has 1 heterocycles. The van der Waals surface area contributed by atoms with Gasteiger partial charge in [-0.05, 0) is 56.7 Å². The summed E-state index contributed by atoms with van der Waals surface area (Å²) < 4.78 is 16.9. The van der Waals surface area contributed by atoms with Crippen molar-refractivity contribution in [3.8, 4) is 5.69 Å². The van der Waals surface area contributed by atoms with Crippen molar-refractivity contribution in [2.75, 3.05) is 5.32 Å². The molecule has 0 saturated heterocycles. The molecule has 0 saturated carbocycles. The third-order valence-corrected chi connectivity index (χ3v) is 4.88. The normalized spacial score (nSPS) is 11.0. The van der Waals surface area contributed by atoms with Crippen LogP contribution in [-0.4, -0.2) is 16.8 Å². The number of urea groups is 1. The fourth-order valence-corrected chi connectivity index (χ4v) is 3.31. The quantitative estimate of drug-likeness (QED) is 0.408. The topological polar surface area (TPSA) is 58.4 Å². The van der Waals surface area contributed by atoms with E-state index in [1.54, 1.807) is 18.3 Å². The Hall–Kier alpha value is -2.93. The van der Waals surface area contributed by atoms with Gasteiger partial charge in [0.05, 0.1) is 11.9 Å². The largest absolute Gasteiger partial charge is 0.339 e. The van der Waals surface area contributed by atoms with Gasteiger partial charge in [0, 0.05) is 27.1 Å². The Morgan fingerprint density at radius 2 is 1.89 bits per heavy atom. The number of halogens is 2. The van der Waals surface area contributed by atoms with E-state index in [2.05, 4.69) is 31.8 Å². The Bertz CT molecular complexity index is 1060. The summed E-state index contributed by atoms with van der Waals surface area (Å²) in [5, 5.41) is 6.75. The van der Waals surface area contributed by atoms with Crippen molar-refractivity contribution in [1.29, 1.82) is 0 Å². The van der Waals surface area contributed by atoms with Crippen molar-refractivity contribution in [3.05, 3.63) is 81.3 Å². The third-order valence-electron chi connectivity index (χ3n) is 4.38. The number of aromatic nitrogens is 1. The molecule has 0 aliphatic carbocycles. The first-order valence-electron chi connectivity index (χ1n) is 8.67. The molecule has 3 rings (SSSR count). The molecule has 1 aromatic heterocycles. The van der Waals surface area contributed by atoms with Gasteiger partial charge < -0.3 is 9.88 Å². The minimum Gasteiger partial charge on any atom is -0.315 e. The fraction of sp³-hybridized carbons (Fsp3) is 0.143. The number of rotatable bonds is 4. The van der Waals surface area contributed by atoms with Gasteiger partial charge in [0.15, 0.2) is 0 Å². The summed E-state index contributed by atoms with van der Waals surface area (Å²) in [5.74, 6) is -0.324. The number of amides is 2. The SMILES string of the molecule is Cc1ccccc1NC(=O)NN=Cc1cc(C)n(-c2ccc(Br)cc2F)c1C. The summed E-state index contributed by atoms with van der Waals surface area (Å²) in [6.07, 6.45) is 1.55. The van der Waals surface area contributed by atoms with Crippen LogP contribution >= 0.6 is 15.9 Å². The van der Waals surface area contributed by atoms with Crippen LogP contribution in [-0.2, 0) is 0 Å². The van der Waals surface area contributed by atoms with Crippen LogP contribution in [0.25, 0.3) is 5.69 Å². The number of carbonyl (C=O) groups is 1. The van der Waals surface area contributed by atoms with Gasteiger partial charge in [-0.25, -0.2) is 14.6 Å². The minimum absolute atomic E-state index is 0.324. The molecule has 0 spiro atoms. The van der Waals surface area contributed by atoms with E-state index in [4.69, 9.17) is 0 Å². The number of aryl methyl sites for hydroxylation is 2. The van der Waals surface area contributed by atoms with Gasteiger partial charge in [-0.3, -0.25) is 0 Å². The van der Waals surface area contributed by atoms with E-state index >= 15 is 0 Å². The Morgan fingerprint density at radius 1 is 1.14 bits per heavy atom. The van der Waals surface area contributed by atoms with Gasteiger partial charge in [0.1, 0.15) is 5.82 Å². The zero-order valence-electron chi connectivity index (χ0n) is 15.8. The summed E-state index contributed by atoms with van der Waals surface area (Å²) in [5.41, 5.74) is 7.07. The monoisotopic (exact) mass is 442 g/mol. The first-order valence-corrected chi connectivity index (χ1v) is 9.46. The summed E-state index contributed by atoms with van der Waals surface area (Å²) in [6.45, 7) is 5.68. The molecule has 0 unspecified atom stereocenters. The van der Waals surface area contributed by atoms with Crippen molar-refractivity contribution >= 4 is 33.9 Å². The predicted molar refractivity (Wildman–Crippen MR) is 114 cm³/mol. The summed E-state index contributed by atoms with van der Waals surface area (Å²) in [6, 6.07) is 13.9. The Balaban J connectivity index is 1.74. The first kappa shape index (κ1) is 19.8. The third kappa shape index (κ3) is 4.31. The number of benzene rings is 2. The fourth-order valence-electron chi connectivity index (χ4n) is 2.98. The molecule has 0 aliphatic rings. The number of nitrogens with zero attached hydrogens (tertiary/aromatic N) is 2. The minimum atomic E-state index is -0.432. The van der Waals surface area contributed by atoms with E-state index in [1.807, 2.05) is 55.7 Å². The van der Waals surface area contributed by atoms with Crippen molar-refractivity contribution in [3.63, 3.8) is 0 Å². The summed E-state index contributed by atoms with van der Waals surface area (Å²) in [4.78, 5) is 12.0. The second kappa shape index (κ2) is 8.39. The molecule has 2 amide bonds. The lowest BCUT2D eigenvalue weighted by atomic mass is 10.2. The second-order valence-electron chi connectivity index (χ2n) is 6.40. The van der Waals surface area contributed by atoms with Gasteiger partial charge in [-0.1, -0.05) is 34.1 Å². The molecule has 2 aromatic carbocycles. The molecule has 7 heteroatoms. The Kier molecular flexibility index (Phi) is 5.94. The average molecular weight is 443 g/mol. The lowest BCUT2D eigenvalue weighted by Crippen LogP contribution is -2.24. The highest BCUT2D eigenvalue weighted by molar-refractivity contribution is 9.10. The van der Waals surface area contributed by atoms with E-state index in [-0.39, 0.29) is 5.82 Å². The van der Waals surface area contributed by atoms with Gasteiger partial charge in [0.2, 0.25) is 0 Å². The lowest BCUT2D eigenvalue weighted by molar-refractivity contribution is 0.252. The Morgan fingerprint density at radius 3 is 2.61 bits per heavy atom. The number of anilines is 1. The van der Waals surface area contributed by atoms with Gasteiger partial charge >= 0.3 is 6.03 Å². The number of hydrogen-bond acceptors (Lipinski definition) is 2. The molecule has 2 N–H and O–H groups in total. The molecule has 0 bridgehead atoms. The highest BCUT2D eigenvalue weighted by atomic mass is 79.9.